The first-order valence-electron chi connectivity index (χ1n) is 32.9. The Morgan fingerprint density at radius 1 is 0.423 bits per heavy atom. The molecule has 2 aliphatic rings. The Hall–Kier alpha value is -3.28. The monoisotopic (exact) mass is 1090 g/mol. The summed E-state index contributed by atoms with van der Waals surface area (Å²) < 4.78 is 0. The Balaban J connectivity index is 1.91. The average Bonchev–Trinajstić information content (AvgIpc) is 3.86. The summed E-state index contributed by atoms with van der Waals surface area (Å²) in [6, 6.07) is -1.06. The van der Waals surface area contributed by atoms with E-state index in [2.05, 4.69) is 115 Å². The van der Waals surface area contributed by atoms with E-state index in [1.165, 1.54) is 128 Å². The number of rotatable bonds is 46. The van der Waals surface area contributed by atoms with Crippen LogP contribution in [0.3, 0.4) is 0 Å². The highest BCUT2D eigenvalue weighted by molar-refractivity contribution is 5.88. The van der Waals surface area contributed by atoms with Gasteiger partial charge in [-0.05, 0) is 148 Å². The zero-order valence-electron chi connectivity index (χ0n) is 51.9. The van der Waals surface area contributed by atoms with E-state index in [-0.39, 0.29) is 35.5 Å². The van der Waals surface area contributed by atoms with Crippen LogP contribution in [-0.4, -0.2) is 146 Å². The molecule has 2 aliphatic heterocycles. The molecule has 2 heterocycles. The predicted molar refractivity (Wildman–Crippen MR) is 333 cm³/mol. The van der Waals surface area contributed by atoms with Gasteiger partial charge in [-0.25, -0.2) is 0 Å². The second-order valence-corrected chi connectivity index (χ2v) is 23.9. The third kappa shape index (κ3) is 35.5. The van der Waals surface area contributed by atoms with E-state index in [0.29, 0.717) is 52.1 Å². The highest BCUT2D eigenvalue weighted by Gasteiger charge is 2.34. The van der Waals surface area contributed by atoms with Crippen LogP contribution in [0.15, 0.2) is 48.6 Å². The number of hydrogen-bond donors (Lipinski definition) is 2. The molecule has 11 heteroatoms. The first-order chi connectivity index (χ1) is 38.0. The number of nitrogens with zero attached hydrogens (tertiary/aromatic N) is 5. The van der Waals surface area contributed by atoms with Crippen molar-refractivity contribution in [3.05, 3.63) is 48.6 Å². The Labute approximate surface area is 481 Å². The van der Waals surface area contributed by atoms with Gasteiger partial charge in [0, 0.05) is 65.2 Å². The predicted octanol–water partition coefficient (Wildman–Crippen LogP) is 14.2. The van der Waals surface area contributed by atoms with Crippen molar-refractivity contribution in [2.75, 3.05) is 85.6 Å². The molecule has 2 rings (SSSR count). The van der Waals surface area contributed by atoms with Crippen LogP contribution in [0, 0.1) is 11.8 Å². The van der Waals surface area contributed by atoms with Crippen molar-refractivity contribution in [3.63, 3.8) is 0 Å². The van der Waals surface area contributed by atoms with E-state index in [9.17, 15) is 19.2 Å². The van der Waals surface area contributed by atoms with E-state index in [1.807, 2.05) is 16.8 Å². The van der Waals surface area contributed by atoms with Crippen LogP contribution in [-0.2, 0) is 19.2 Å². The molecule has 0 aromatic carbocycles. The largest absolute Gasteiger partial charge is 0.353 e. The maximum Gasteiger partial charge on any atom is 0.243 e. The summed E-state index contributed by atoms with van der Waals surface area (Å²) in [6.45, 7) is 21.9. The number of likely N-dealkylation sites (tertiary alicyclic amines) is 2. The molecule has 0 aromatic rings. The summed E-state index contributed by atoms with van der Waals surface area (Å²) in [4.78, 5) is 67.4. The lowest BCUT2D eigenvalue weighted by Gasteiger charge is -2.35. The molecule has 0 aliphatic carbocycles. The summed E-state index contributed by atoms with van der Waals surface area (Å²) in [5.74, 6) is -0.0246. The van der Waals surface area contributed by atoms with Gasteiger partial charge in [0.25, 0.3) is 0 Å². The van der Waals surface area contributed by atoms with Gasteiger partial charge in [-0.15, -0.1) is 0 Å². The number of allylic oxidation sites excluding steroid dienone is 8. The van der Waals surface area contributed by atoms with Crippen molar-refractivity contribution >= 4 is 23.6 Å². The number of hydrogen-bond acceptors (Lipinski definition) is 7. The van der Waals surface area contributed by atoms with Crippen LogP contribution in [0.4, 0.5) is 0 Å². The highest BCUT2D eigenvalue weighted by Crippen LogP contribution is 2.20. The zero-order chi connectivity index (χ0) is 56.7. The molecule has 2 atom stereocenters. The van der Waals surface area contributed by atoms with Crippen LogP contribution in [0.1, 0.15) is 247 Å². The maximum atomic E-state index is 14.1. The van der Waals surface area contributed by atoms with Crippen molar-refractivity contribution in [2.45, 2.75) is 259 Å². The number of unbranched alkanes of at least 4 members (excludes halogenated alkanes) is 16. The van der Waals surface area contributed by atoms with Crippen molar-refractivity contribution in [1.82, 2.24) is 35.1 Å². The number of carbonyl (C=O) groups is 4. The van der Waals surface area contributed by atoms with Crippen LogP contribution >= 0.6 is 0 Å². The van der Waals surface area contributed by atoms with Gasteiger partial charge in [0.1, 0.15) is 12.1 Å². The minimum Gasteiger partial charge on any atom is -0.353 e. The zero-order valence-corrected chi connectivity index (χ0v) is 51.9. The number of amides is 4. The molecule has 0 bridgehead atoms. The topological polar surface area (TPSA) is 109 Å². The SMILES string of the molecule is CCCCC/C=C\C/C=C\CCCCCCCC(=O)N(CCN1CCCCCC1)C(C(=O)NCCN(C)CCNC(=O)C(C(C)C)N(CCN1CCCCCC1)C(=O)CCCCCCC/C=C\C/C=C\CCCCC)C(C)C. The van der Waals surface area contributed by atoms with Crippen LogP contribution in [0.25, 0.3) is 0 Å². The molecular weight excluding hydrogens is 967 g/mol. The second kappa shape index (κ2) is 48.4. The number of nitrogens with one attached hydrogen (secondary N) is 2. The number of likely N-dealkylation sites (N-methyl/N-ethyl adjacent to an activating group) is 1. The van der Waals surface area contributed by atoms with Crippen LogP contribution in [0.2, 0.25) is 0 Å². The first-order valence-corrected chi connectivity index (χ1v) is 32.9. The second-order valence-electron chi connectivity index (χ2n) is 23.9. The summed E-state index contributed by atoms with van der Waals surface area (Å²) >= 11 is 0. The lowest BCUT2D eigenvalue weighted by atomic mass is 10.00. The van der Waals surface area contributed by atoms with E-state index in [4.69, 9.17) is 0 Å². The van der Waals surface area contributed by atoms with Gasteiger partial charge in [-0.2, -0.15) is 0 Å². The van der Waals surface area contributed by atoms with E-state index < -0.39 is 12.1 Å². The van der Waals surface area contributed by atoms with Gasteiger partial charge in [0.05, 0.1) is 0 Å². The molecule has 78 heavy (non-hydrogen) atoms. The minimum atomic E-state index is -0.528. The fraction of sp³-hybridized carbons (Fsp3) is 0.821. The molecular formula is C67H123N7O4. The van der Waals surface area contributed by atoms with Gasteiger partial charge >= 0.3 is 0 Å². The minimum absolute atomic E-state index is 0.0272. The van der Waals surface area contributed by atoms with Crippen LogP contribution < -0.4 is 10.6 Å². The van der Waals surface area contributed by atoms with E-state index in [0.717, 1.165) is 103 Å². The fourth-order valence-electron chi connectivity index (χ4n) is 11.2. The molecule has 2 fully saturated rings. The Morgan fingerprint density at radius 3 is 1.08 bits per heavy atom. The van der Waals surface area contributed by atoms with Crippen molar-refractivity contribution in [3.8, 4) is 0 Å². The first kappa shape index (κ1) is 70.8. The molecule has 0 radical (unpaired) electrons. The highest BCUT2D eigenvalue weighted by atomic mass is 16.2. The number of carbonyl (C=O) groups excluding carboxylic acids is 4. The molecule has 2 unspecified atom stereocenters. The van der Waals surface area contributed by atoms with Gasteiger partial charge in [0.15, 0.2) is 0 Å². The van der Waals surface area contributed by atoms with Gasteiger partial charge in [-0.1, -0.05) is 180 Å². The standard InChI is InChI=1S/C67H123N7O4/c1-8-10-12-14-16-18-20-22-24-26-28-30-32-34-40-46-62(75)73(58-56-71-50-42-36-37-43-51-71)64(60(3)4)66(77)68-48-54-70(7)55-49-69-67(78)65(61(5)6)74(59-57-72-52-44-38-39-45-53-72)63(76)47-41-35-33-31-29-27-25-23-21-19-17-15-13-11-9-2/h16-19,22-25,60-61,64-65H,8-15,20-21,26-59H2,1-7H3,(H,68,77)(H,69,78)/b18-16-,19-17-,24-22-,25-23-. The molecule has 0 aromatic heterocycles. The van der Waals surface area contributed by atoms with E-state index in [1.54, 1.807) is 0 Å². The smallest absolute Gasteiger partial charge is 0.243 e. The van der Waals surface area contributed by atoms with Crippen molar-refractivity contribution in [1.29, 1.82) is 0 Å². The van der Waals surface area contributed by atoms with Crippen molar-refractivity contribution in [2.24, 2.45) is 11.8 Å². The summed E-state index contributed by atoms with van der Waals surface area (Å²) in [6.07, 6.45) is 54.4. The lowest BCUT2D eigenvalue weighted by molar-refractivity contribution is -0.142. The maximum absolute atomic E-state index is 14.1. The third-order valence-corrected chi connectivity index (χ3v) is 16.1. The van der Waals surface area contributed by atoms with Gasteiger partial charge in [0.2, 0.25) is 23.6 Å². The lowest BCUT2D eigenvalue weighted by Crippen LogP contribution is -2.55. The molecule has 2 N–H and O–H groups in total. The van der Waals surface area contributed by atoms with Crippen molar-refractivity contribution < 1.29 is 19.2 Å². The Kier molecular flexibility index (Phi) is 44.0. The fourth-order valence-corrected chi connectivity index (χ4v) is 11.2. The Morgan fingerprint density at radius 2 is 0.744 bits per heavy atom. The summed E-state index contributed by atoms with van der Waals surface area (Å²) in [5.41, 5.74) is 0. The Bertz CT molecular complexity index is 1500. The van der Waals surface area contributed by atoms with Gasteiger partial charge < -0.3 is 35.1 Å². The van der Waals surface area contributed by atoms with E-state index >= 15 is 0 Å². The molecule has 0 spiro atoms. The van der Waals surface area contributed by atoms with Crippen LogP contribution in [0.5, 0.6) is 0 Å². The molecule has 450 valence electrons. The third-order valence-electron chi connectivity index (χ3n) is 16.1. The molecule has 4 amide bonds. The summed E-state index contributed by atoms with van der Waals surface area (Å²) in [7, 11) is 2.02. The average molecular weight is 1090 g/mol. The van der Waals surface area contributed by atoms with Gasteiger partial charge in [-0.3, -0.25) is 19.2 Å². The molecule has 0 saturated carbocycles. The molecule has 2 saturated heterocycles. The summed E-state index contributed by atoms with van der Waals surface area (Å²) in [5, 5.41) is 6.43. The molecule has 11 nitrogen and oxygen atoms in total. The quantitative estimate of drug-likeness (QED) is 0.0462. The normalized spacial score (nSPS) is 16.0.